The third-order valence-electron chi connectivity index (χ3n) is 5.12. The molecule has 0 bridgehead atoms. The molecule has 1 aliphatic carbocycles. The van der Waals surface area contributed by atoms with Crippen molar-refractivity contribution in [2.75, 3.05) is 26.0 Å². The minimum absolute atomic E-state index is 0.0381. The molecule has 2 heterocycles. The molecule has 2 aliphatic rings. The minimum Gasteiger partial charge on any atom is -0.380 e. The quantitative estimate of drug-likeness (QED) is 0.924. The summed E-state index contributed by atoms with van der Waals surface area (Å²) < 4.78 is 7.45. The minimum atomic E-state index is -0.126. The number of carbonyl (C=O) groups is 1. The molecule has 0 radical (unpaired) electrons. The molecule has 1 amide bonds. The predicted octanol–water partition coefficient (Wildman–Crippen LogP) is 1.96. The number of anilines is 1. The van der Waals surface area contributed by atoms with E-state index in [0.29, 0.717) is 6.04 Å². The van der Waals surface area contributed by atoms with Gasteiger partial charge in [0, 0.05) is 13.7 Å². The molecule has 0 aromatic carbocycles. The van der Waals surface area contributed by atoms with Crippen LogP contribution >= 0.6 is 0 Å². The Morgan fingerprint density at radius 2 is 2.14 bits per heavy atom. The standard InChI is InChI=1S/C16H26N4O2/c1-11-14(9-17-20(11)12-6-4-5-7-12)18-16(21)15-8-13(22-3)10-19(15)2/h9,12-13,15H,4-8,10H2,1-3H3,(H,18,21)/t13-,15-/m0/s1. The van der Waals surface area contributed by atoms with Crippen LogP contribution in [0.15, 0.2) is 6.20 Å². The van der Waals surface area contributed by atoms with Crippen molar-refractivity contribution in [2.45, 2.75) is 57.2 Å². The molecule has 0 spiro atoms. The summed E-state index contributed by atoms with van der Waals surface area (Å²) in [5.41, 5.74) is 1.90. The third kappa shape index (κ3) is 2.90. The molecule has 6 heteroatoms. The van der Waals surface area contributed by atoms with Gasteiger partial charge in [0.25, 0.3) is 0 Å². The molecule has 122 valence electrons. The van der Waals surface area contributed by atoms with E-state index in [0.717, 1.165) is 24.3 Å². The molecule has 22 heavy (non-hydrogen) atoms. The number of likely N-dealkylation sites (N-methyl/N-ethyl adjacent to an activating group) is 1. The first-order valence-electron chi connectivity index (χ1n) is 8.18. The summed E-state index contributed by atoms with van der Waals surface area (Å²) in [5, 5.41) is 7.54. The Hall–Kier alpha value is -1.40. The number of hydrogen-bond donors (Lipinski definition) is 1. The van der Waals surface area contributed by atoms with Crippen LogP contribution < -0.4 is 5.32 Å². The van der Waals surface area contributed by atoms with E-state index >= 15 is 0 Å². The number of aromatic nitrogens is 2. The predicted molar refractivity (Wildman–Crippen MR) is 84.9 cm³/mol. The fourth-order valence-electron chi connectivity index (χ4n) is 3.71. The summed E-state index contributed by atoms with van der Waals surface area (Å²) in [7, 11) is 3.67. The highest BCUT2D eigenvalue weighted by Crippen LogP contribution is 2.31. The number of rotatable bonds is 4. The summed E-state index contributed by atoms with van der Waals surface area (Å²) in [6.45, 7) is 2.84. The van der Waals surface area contributed by atoms with E-state index in [4.69, 9.17) is 4.74 Å². The molecule has 1 aromatic heterocycles. The number of likely N-dealkylation sites (tertiary alicyclic amines) is 1. The van der Waals surface area contributed by atoms with Crippen molar-refractivity contribution >= 4 is 11.6 Å². The van der Waals surface area contributed by atoms with Crippen LogP contribution in [0.1, 0.15) is 43.8 Å². The third-order valence-corrected chi connectivity index (χ3v) is 5.12. The van der Waals surface area contributed by atoms with E-state index in [2.05, 4.69) is 20.0 Å². The number of carbonyl (C=O) groups excluding carboxylic acids is 1. The second-order valence-electron chi connectivity index (χ2n) is 6.56. The van der Waals surface area contributed by atoms with Gasteiger partial charge in [0.15, 0.2) is 0 Å². The molecule has 1 aromatic rings. The van der Waals surface area contributed by atoms with Gasteiger partial charge < -0.3 is 10.1 Å². The molecule has 1 aliphatic heterocycles. The van der Waals surface area contributed by atoms with Gasteiger partial charge in [0.05, 0.1) is 35.8 Å². The zero-order chi connectivity index (χ0) is 15.7. The molecule has 3 rings (SSSR count). The lowest BCUT2D eigenvalue weighted by molar-refractivity contribution is -0.120. The number of ether oxygens (including phenoxy) is 1. The maximum atomic E-state index is 12.5. The highest BCUT2D eigenvalue weighted by molar-refractivity contribution is 5.95. The van der Waals surface area contributed by atoms with Gasteiger partial charge in [-0.1, -0.05) is 12.8 Å². The van der Waals surface area contributed by atoms with Crippen molar-refractivity contribution in [3.63, 3.8) is 0 Å². The first kappa shape index (κ1) is 15.5. The van der Waals surface area contributed by atoms with Gasteiger partial charge in [-0.2, -0.15) is 5.10 Å². The Kier molecular flexibility index (Phi) is 4.49. The largest absolute Gasteiger partial charge is 0.380 e. The van der Waals surface area contributed by atoms with Crippen LogP contribution in [0.3, 0.4) is 0 Å². The first-order valence-corrected chi connectivity index (χ1v) is 8.18. The molecule has 6 nitrogen and oxygen atoms in total. The first-order chi connectivity index (χ1) is 10.6. The summed E-state index contributed by atoms with van der Waals surface area (Å²) in [6.07, 6.45) is 7.60. The lowest BCUT2D eigenvalue weighted by atomic mass is 10.2. The monoisotopic (exact) mass is 306 g/mol. The van der Waals surface area contributed by atoms with Crippen LogP contribution in [0.2, 0.25) is 0 Å². The molecular formula is C16H26N4O2. The topological polar surface area (TPSA) is 59.4 Å². The molecule has 1 saturated heterocycles. The van der Waals surface area contributed by atoms with Crippen LogP contribution in [-0.4, -0.2) is 53.4 Å². The van der Waals surface area contributed by atoms with E-state index < -0.39 is 0 Å². The molecular weight excluding hydrogens is 280 g/mol. The van der Waals surface area contributed by atoms with Gasteiger partial charge in [-0.3, -0.25) is 14.4 Å². The average molecular weight is 306 g/mol. The van der Waals surface area contributed by atoms with Crippen LogP contribution in [0.5, 0.6) is 0 Å². The fraction of sp³-hybridized carbons (Fsp3) is 0.750. The van der Waals surface area contributed by atoms with Crippen LogP contribution in [0, 0.1) is 6.92 Å². The smallest absolute Gasteiger partial charge is 0.241 e. The molecule has 1 saturated carbocycles. The van der Waals surface area contributed by atoms with Crippen LogP contribution in [0.25, 0.3) is 0 Å². The summed E-state index contributed by atoms with van der Waals surface area (Å²) >= 11 is 0. The second-order valence-corrected chi connectivity index (χ2v) is 6.56. The van der Waals surface area contributed by atoms with Crippen molar-refractivity contribution in [3.8, 4) is 0 Å². The van der Waals surface area contributed by atoms with Crippen LogP contribution in [-0.2, 0) is 9.53 Å². The number of amides is 1. The highest BCUT2D eigenvalue weighted by atomic mass is 16.5. The normalized spacial score (nSPS) is 26.7. The average Bonchev–Trinajstić information content (AvgIpc) is 3.20. The molecule has 1 N–H and O–H groups in total. The lowest BCUT2D eigenvalue weighted by Gasteiger charge is -2.18. The van der Waals surface area contributed by atoms with Gasteiger partial charge in [0.2, 0.25) is 5.91 Å². The van der Waals surface area contributed by atoms with E-state index in [1.807, 2.05) is 14.0 Å². The van der Waals surface area contributed by atoms with Crippen molar-refractivity contribution in [1.82, 2.24) is 14.7 Å². The van der Waals surface area contributed by atoms with Gasteiger partial charge in [-0.15, -0.1) is 0 Å². The van der Waals surface area contributed by atoms with Crippen molar-refractivity contribution < 1.29 is 9.53 Å². The summed E-state index contributed by atoms with van der Waals surface area (Å²) in [4.78, 5) is 14.6. The fourth-order valence-corrected chi connectivity index (χ4v) is 3.71. The zero-order valence-electron chi connectivity index (χ0n) is 13.7. The summed E-state index contributed by atoms with van der Waals surface area (Å²) in [6, 6.07) is 0.372. The molecule has 2 atom stereocenters. The van der Waals surface area contributed by atoms with E-state index in [1.54, 1.807) is 13.3 Å². The maximum absolute atomic E-state index is 12.5. The van der Waals surface area contributed by atoms with E-state index in [9.17, 15) is 4.79 Å². The number of methoxy groups -OCH3 is 1. The number of nitrogens with one attached hydrogen (secondary N) is 1. The Morgan fingerprint density at radius 1 is 1.41 bits per heavy atom. The van der Waals surface area contributed by atoms with Gasteiger partial charge in [0.1, 0.15) is 0 Å². The van der Waals surface area contributed by atoms with Gasteiger partial charge in [-0.05, 0) is 33.2 Å². The summed E-state index contributed by atoms with van der Waals surface area (Å²) in [5.74, 6) is 0.0381. The lowest BCUT2D eigenvalue weighted by Crippen LogP contribution is -2.37. The molecule has 0 unspecified atom stereocenters. The second kappa shape index (κ2) is 6.38. The van der Waals surface area contributed by atoms with Crippen molar-refractivity contribution in [3.05, 3.63) is 11.9 Å². The Labute approximate surface area is 131 Å². The maximum Gasteiger partial charge on any atom is 0.241 e. The zero-order valence-corrected chi connectivity index (χ0v) is 13.7. The Balaban J connectivity index is 1.67. The van der Waals surface area contributed by atoms with E-state index in [-0.39, 0.29) is 18.1 Å². The number of hydrogen-bond acceptors (Lipinski definition) is 4. The Bertz CT molecular complexity index is 536. The number of nitrogens with zero attached hydrogens (tertiary/aromatic N) is 3. The van der Waals surface area contributed by atoms with Crippen LogP contribution in [0.4, 0.5) is 5.69 Å². The van der Waals surface area contributed by atoms with Crippen molar-refractivity contribution in [1.29, 1.82) is 0 Å². The SMILES string of the molecule is CO[C@H]1C[C@@H](C(=O)Nc2cnn(C3CCCC3)c2C)N(C)C1. The molecule has 2 fully saturated rings. The van der Waals surface area contributed by atoms with E-state index in [1.165, 1.54) is 25.7 Å². The van der Waals surface area contributed by atoms with Gasteiger partial charge in [-0.25, -0.2) is 0 Å². The highest BCUT2D eigenvalue weighted by Gasteiger charge is 2.35. The van der Waals surface area contributed by atoms with Crippen molar-refractivity contribution in [2.24, 2.45) is 0 Å². The Morgan fingerprint density at radius 3 is 2.77 bits per heavy atom. The van der Waals surface area contributed by atoms with Gasteiger partial charge >= 0.3 is 0 Å².